The topological polar surface area (TPSA) is 85.5 Å². The zero-order chi connectivity index (χ0) is 16.9. The number of nitrogens with one attached hydrogen (secondary N) is 2. The number of carbonyl (C=O) groups excluding carboxylic acids is 1. The van der Waals surface area contributed by atoms with E-state index >= 15 is 0 Å². The van der Waals surface area contributed by atoms with Gasteiger partial charge in [-0.3, -0.25) is 9.89 Å². The molecule has 1 amide bonds. The number of benzene rings is 1. The van der Waals surface area contributed by atoms with E-state index < -0.39 is 0 Å². The molecule has 1 aliphatic rings. The van der Waals surface area contributed by atoms with E-state index in [1.165, 1.54) is 5.56 Å². The van der Waals surface area contributed by atoms with E-state index in [0.717, 1.165) is 5.56 Å². The second-order valence-electron chi connectivity index (χ2n) is 5.84. The third kappa shape index (κ3) is 4.05. The molecule has 0 radical (unpaired) electrons. The lowest BCUT2D eigenvalue weighted by molar-refractivity contribution is -0.124. The van der Waals surface area contributed by atoms with E-state index in [2.05, 4.69) is 15.5 Å². The van der Waals surface area contributed by atoms with E-state index in [-0.39, 0.29) is 24.7 Å². The van der Waals surface area contributed by atoms with E-state index in [4.69, 9.17) is 14.2 Å². The highest BCUT2D eigenvalue weighted by Crippen LogP contribution is 2.17. The molecule has 1 fully saturated rings. The van der Waals surface area contributed by atoms with Crippen LogP contribution < -0.4 is 14.8 Å². The average Bonchev–Trinajstić information content (AvgIpc) is 3.22. The van der Waals surface area contributed by atoms with Crippen LogP contribution in [0.5, 0.6) is 11.5 Å². The maximum Gasteiger partial charge on any atom is 0.258 e. The van der Waals surface area contributed by atoms with Crippen molar-refractivity contribution in [3.05, 3.63) is 41.7 Å². The molecule has 1 aromatic heterocycles. The largest absolute Gasteiger partial charge is 0.484 e. The predicted molar refractivity (Wildman–Crippen MR) is 87.2 cm³/mol. The first kappa shape index (κ1) is 16.3. The van der Waals surface area contributed by atoms with Crippen LogP contribution in [-0.4, -0.2) is 48.1 Å². The molecule has 1 aliphatic heterocycles. The van der Waals surface area contributed by atoms with E-state index in [9.17, 15) is 4.79 Å². The van der Waals surface area contributed by atoms with E-state index in [0.29, 0.717) is 24.7 Å². The third-order valence-electron chi connectivity index (χ3n) is 3.98. The minimum atomic E-state index is -0.242. The zero-order valence-electron chi connectivity index (χ0n) is 13.7. The van der Waals surface area contributed by atoms with Crippen LogP contribution in [0.25, 0.3) is 0 Å². The molecule has 0 unspecified atom stereocenters. The Morgan fingerprint density at radius 3 is 2.96 bits per heavy atom. The summed E-state index contributed by atoms with van der Waals surface area (Å²) >= 11 is 0. The fourth-order valence-electron chi connectivity index (χ4n) is 2.46. The number of ether oxygens (including phenoxy) is 3. The third-order valence-corrected chi connectivity index (χ3v) is 3.98. The first-order valence-corrected chi connectivity index (χ1v) is 7.84. The second-order valence-corrected chi connectivity index (χ2v) is 5.84. The Labute approximate surface area is 140 Å². The zero-order valence-corrected chi connectivity index (χ0v) is 13.7. The lowest BCUT2D eigenvalue weighted by Gasteiger charge is -2.19. The minimum absolute atomic E-state index is 0.0442. The maximum atomic E-state index is 12.1. The molecule has 0 saturated carbocycles. The molecule has 0 bridgehead atoms. The molecule has 128 valence electrons. The molecule has 2 N–H and O–H groups in total. The average molecular weight is 331 g/mol. The molecule has 0 aliphatic carbocycles. The number of hydrogen-bond acceptors (Lipinski definition) is 5. The number of nitrogens with zero attached hydrogens (tertiary/aromatic N) is 1. The molecule has 3 rings (SSSR count). The molecular weight excluding hydrogens is 310 g/mol. The number of amides is 1. The number of H-pyrrole nitrogens is 1. The Hall–Kier alpha value is -2.54. The van der Waals surface area contributed by atoms with Crippen molar-refractivity contribution in [3.63, 3.8) is 0 Å². The highest BCUT2D eigenvalue weighted by Gasteiger charge is 2.31. The highest BCUT2D eigenvalue weighted by atomic mass is 16.5. The maximum absolute atomic E-state index is 12.1. The van der Waals surface area contributed by atoms with Crippen molar-refractivity contribution >= 4 is 5.91 Å². The van der Waals surface area contributed by atoms with E-state index in [1.54, 1.807) is 12.4 Å². The molecule has 2 atom stereocenters. The van der Waals surface area contributed by atoms with Gasteiger partial charge in [-0.05, 0) is 37.1 Å². The van der Waals surface area contributed by atoms with Crippen LogP contribution in [0.3, 0.4) is 0 Å². The standard InChI is InChI=1S/C17H21N3O4/c1-11-3-4-13(5-12(11)2)23-10-17(21)20-15-8-22-9-16(15)24-14-6-18-19-7-14/h3-7,15-16H,8-10H2,1-2H3,(H,18,19)(H,20,21)/t15-,16+/m0/s1. The van der Waals surface area contributed by atoms with Gasteiger partial charge in [0.15, 0.2) is 12.4 Å². The molecule has 1 aromatic carbocycles. The summed E-state index contributed by atoms with van der Waals surface area (Å²) in [7, 11) is 0. The van der Waals surface area contributed by atoms with Gasteiger partial charge in [-0.2, -0.15) is 5.10 Å². The van der Waals surface area contributed by atoms with Gasteiger partial charge in [0.25, 0.3) is 5.91 Å². The SMILES string of the molecule is Cc1ccc(OCC(=O)N[C@H]2COC[C@H]2Oc2cn[nH]c2)cc1C. The summed E-state index contributed by atoms with van der Waals surface area (Å²) in [6, 6.07) is 5.55. The summed E-state index contributed by atoms with van der Waals surface area (Å²) in [6.07, 6.45) is 2.99. The summed E-state index contributed by atoms with van der Waals surface area (Å²) < 4.78 is 16.7. The van der Waals surface area contributed by atoms with Crippen LogP contribution >= 0.6 is 0 Å². The van der Waals surface area contributed by atoms with E-state index in [1.807, 2.05) is 32.0 Å². The number of hydrogen-bond donors (Lipinski definition) is 2. The van der Waals surface area contributed by atoms with Crippen molar-refractivity contribution in [2.45, 2.75) is 26.0 Å². The number of rotatable bonds is 6. The van der Waals surface area contributed by atoms with Crippen LogP contribution in [0.2, 0.25) is 0 Å². The molecular formula is C17H21N3O4. The molecule has 24 heavy (non-hydrogen) atoms. The molecule has 0 spiro atoms. The van der Waals surface area contributed by atoms with Gasteiger partial charge in [-0.15, -0.1) is 0 Å². The summed E-state index contributed by atoms with van der Waals surface area (Å²) in [4.78, 5) is 12.1. The van der Waals surface area contributed by atoms with Crippen molar-refractivity contribution in [2.24, 2.45) is 0 Å². The van der Waals surface area contributed by atoms with Gasteiger partial charge in [0.2, 0.25) is 0 Å². The Kier molecular flexibility index (Phi) is 5.00. The van der Waals surface area contributed by atoms with Crippen LogP contribution in [-0.2, 0) is 9.53 Å². The van der Waals surface area contributed by atoms with Gasteiger partial charge >= 0.3 is 0 Å². The van der Waals surface area contributed by atoms with Crippen LogP contribution in [0.1, 0.15) is 11.1 Å². The summed E-state index contributed by atoms with van der Waals surface area (Å²) in [6.45, 7) is 4.84. The first-order valence-electron chi connectivity index (χ1n) is 7.84. The molecule has 2 aromatic rings. The van der Waals surface area contributed by atoms with Crippen molar-refractivity contribution in [1.29, 1.82) is 0 Å². The number of aryl methyl sites for hydroxylation is 2. The van der Waals surface area contributed by atoms with Gasteiger partial charge in [0.05, 0.1) is 31.6 Å². The van der Waals surface area contributed by atoms with Crippen molar-refractivity contribution in [1.82, 2.24) is 15.5 Å². The van der Waals surface area contributed by atoms with Crippen LogP contribution in [0.4, 0.5) is 0 Å². The number of aromatic amines is 1. The fourth-order valence-corrected chi connectivity index (χ4v) is 2.46. The summed E-state index contributed by atoms with van der Waals surface area (Å²) in [5.41, 5.74) is 2.32. The lowest BCUT2D eigenvalue weighted by atomic mass is 10.1. The predicted octanol–water partition coefficient (Wildman–Crippen LogP) is 1.37. The summed E-state index contributed by atoms with van der Waals surface area (Å²) in [5.74, 6) is 1.10. The summed E-state index contributed by atoms with van der Waals surface area (Å²) in [5, 5.41) is 9.40. The smallest absolute Gasteiger partial charge is 0.258 e. The molecule has 7 nitrogen and oxygen atoms in total. The van der Waals surface area contributed by atoms with Gasteiger partial charge < -0.3 is 19.5 Å². The number of aromatic nitrogens is 2. The number of carbonyl (C=O) groups is 1. The molecule has 7 heteroatoms. The van der Waals surface area contributed by atoms with Crippen molar-refractivity contribution < 1.29 is 19.0 Å². The van der Waals surface area contributed by atoms with Gasteiger partial charge in [0, 0.05) is 0 Å². The molecule has 1 saturated heterocycles. The quantitative estimate of drug-likeness (QED) is 0.835. The normalized spacial score (nSPS) is 19.9. The molecule has 2 heterocycles. The van der Waals surface area contributed by atoms with Gasteiger partial charge in [0.1, 0.15) is 11.9 Å². The van der Waals surface area contributed by atoms with Gasteiger partial charge in [-0.25, -0.2) is 0 Å². The fraction of sp³-hybridized carbons (Fsp3) is 0.412. The van der Waals surface area contributed by atoms with Crippen LogP contribution in [0, 0.1) is 13.8 Å². The lowest BCUT2D eigenvalue weighted by Crippen LogP contribution is -2.46. The highest BCUT2D eigenvalue weighted by molar-refractivity contribution is 5.78. The Morgan fingerprint density at radius 2 is 2.21 bits per heavy atom. The first-order chi connectivity index (χ1) is 11.6. The Morgan fingerprint density at radius 1 is 1.33 bits per heavy atom. The van der Waals surface area contributed by atoms with Crippen molar-refractivity contribution in [2.75, 3.05) is 19.8 Å². The van der Waals surface area contributed by atoms with Crippen LogP contribution in [0.15, 0.2) is 30.6 Å². The van der Waals surface area contributed by atoms with Crippen molar-refractivity contribution in [3.8, 4) is 11.5 Å². The second kappa shape index (κ2) is 7.35. The monoisotopic (exact) mass is 331 g/mol. The Bertz CT molecular complexity index is 687. The van der Waals surface area contributed by atoms with Gasteiger partial charge in [-0.1, -0.05) is 6.07 Å². The Balaban J connectivity index is 1.49. The minimum Gasteiger partial charge on any atom is -0.484 e.